The molecule has 2 atom stereocenters. The molecule has 1 saturated heterocycles. The Kier molecular flexibility index (Phi) is 4.30. The van der Waals surface area contributed by atoms with Gasteiger partial charge in [-0.3, -0.25) is 4.79 Å². The smallest absolute Gasteiger partial charge is 0.244 e. The van der Waals surface area contributed by atoms with E-state index in [0.717, 1.165) is 6.42 Å². The zero-order valence-electron chi connectivity index (χ0n) is 11.7. The third kappa shape index (κ3) is 3.23. The molecular formula is C14H15FN4O2S. The van der Waals surface area contributed by atoms with Gasteiger partial charge in [0, 0.05) is 24.1 Å². The lowest BCUT2D eigenvalue weighted by atomic mass is 10.1. The topological polar surface area (TPSA) is 90.1 Å². The van der Waals surface area contributed by atoms with Gasteiger partial charge >= 0.3 is 0 Å². The highest BCUT2D eigenvalue weighted by atomic mass is 32.1. The third-order valence-corrected chi connectivity index (χ3v) is 4.15. The van der Waals surface area contributed by atoms with Crippen molar-refractivity contribution in [2.45, 2.75) is 18.4 Å². The van der Waals surface area contributed by atoms with Gasteiger partial charge in [-0.15, -0.1) is 0 Å². The quantitative estimate of drug-likeness (QED) is 0.876. The van der Waals surface area contributed by atoms with Crippen LogP contribution >= 0.6 is 11.5 Å². The number of nitrogens with two attached hydrogens (primary N) is 1. The Balaban J connectivity index is 1.76. The summed E-state index contributed by atoms with van der Waals surface area (Å²) in [7, 11) is 0. The van der Waals surface area contributed by atoms with Gasteiger partial charge in [0.15, 0.2) is 0 Å². The van der Waals surface area contributed by atoms with E-state index in [1.165, 1.54) is 35.8 Å². The monoisotopic (exact) mass is 322 g/mol. The first-order chi connectivity index (χ1) is 10.6. The molecule has 0 spiro atoms. The number of amides is 1. The fourth-order valence-corrected chi connectivity index (χ4v) is 2.97. The summed E-state index contributed by atoms with van der Waals surface area (Å²) in [5, 5.41) is 3.47. The second kappa shape index (κ2) is 6.37. The Morgan fingerprint density at radius 1 is 1.45 bits per heavy atom. The summed E-state index contributed by atoms with van der Waals surface area (Å²) in [6.45, 7) is 1.33. The number of hydrogen-bond acceptors (Lipinski definition) is 6. The molecular weight excluding hydrogens is 307 g/mol. The van der Waals surface area contributed by atoms with Gasteiger partial charge in [-0.25, -0.2) is 9.37 Å². The van der Waals surface area contributed by atoms with Gasteiger partial charge in [0.1, 0.15) is 17.7 Å². The SMILES string of the molecule is NC(=O)C(Nc1nc(C2CCOC2)ns1)c1ccc(F)cc1. The summed E-state index contributed by atoms with van der Waals surface area (Å²) in [5.74, 6) is -0.0176. The molecule has 3 rings (SSSR count). The molecule has 0 bridgehead atoms. The average Bonchev–Trinajstić information content (AvgIpc) is 3.17. The van der Waals surface area contributed by atoms with Gasteiger partial charge in [-0.05, 0) is 24.1 Å². The molecule has 0 saturated carbocycles. The molecule has 1 aliphatic heterocycles. The highest BCUT2D eigenvalue weighted by Gasteiger charge is 2.24. The second-order valence-corrected chi connectivity index (χ2v) is 5.80. The lowest BCUT2D eigenvalue weighted by Crippen LogP contribution is -2.27. The van der Waals surface area contributed by atoms with Crippen LogP contribution in [0.3, 0.4) is 0 Å². The number of carbonyl (C=O) groups excluding carboxylic acids is 1. The first kappa shape index (κ1) is 14.9. The number of carbonyl (C=O) groups is 1. The van der Waals surface area contributed by atoms with Crippen LogP contribution in [0.25, 0.3) is 0 Å². The third-order valence-electron chi connectivity index (χ3n) is 3.49. The van der Waals surface area contributed by atoms with Crippen LogP contribution in [-0.4, -0.2) is 28.5 Å². The fourth-order valence-electron chi connectivity index (χ4n) is 2.29. The predicted octanol–water partition coefficient (Wildman–Crippen LogP) is 1.82. The van der Waals surface area contributed by atoms with E-state index in [4.69, 9.17) is 10.5 Å². The van der Waals surface area contributed by atoms with Crippen LogP contribution in [0.15, 0.2) is 24.3 Å². The Hall–Kier alpha value is -2.06. The number of ether oxygens (including phenoxy) is 1. The molecule has 116 valence electrons. The van der Waals surface area contributed by atoms with Crippen molar-refractivity contribution in [2.75, 3.05) is 18.5 Å². The van der Waals surface area contributed by atoms with E-state index in [2.05, 4.69) is 14.7 Å². The summed E-state index contributed by atoms with van der Waals surface area (Å²) in [6.07, 6.45) is 0.896. The van der Waals surface area contributed by atoms with E-state index in [-0.39, 0.29) is 11.7 Å². The van der Waals surface area contributed by atoms with E-state index in [1.54, 1.807) is 0 Å². The molecule has 2 heterocycles. The molecule has 2 unspecified atom stereocenters. The van der Waals surface area contributed by atoms with Gasteiger partial charge in [-0.1, -0.05) is 12.1 Å². The van der Waals surface area contributed by atoms with Gasteiger partial charge < -0.3 is 15.8 Å². The van der Waals surface area contributed by atoms with Gasteiger partial charge in [0.25, 0.3) is 0 Å². The molecule has 1 amide bonds. The molecule has 0 radical (unpaired) electrons. The van der Waals surface area contributed by atoms with Crippen molar-refractivity contribution < 1.29 is 13.9 Å². The van der Waals surface area contributed by atoms with E-state index in [1.807, 2.05) is 0 Å². The van der Waals surface area contributed by atoms with E-state index in [9.17, 15) is 9.18 Å². The average molecular weight is 322 g/mol. The second-order valence-electron chi connectivity index (χ2n) is 5.05. The van der Waals surface area contributed by atoms with E-state index in [0.29, 0.717) is 29.7 Å². The molecule has 2 aromatic rings. The van der Waals surface area contributed by atoms with Crippen LogP contribution < -0.4 is 11.1 Å². The molecule has 1 aromatic carbocycles. The van der Waals surface area contributed by atoms with Crippen LogP contribution in [0.2, 0.25) is 0 Å². The van der Waals surface area contributed by atoms with Gasteiger partial charge in [0.05, 0.1) is 6.61 Å². The van der Waals surface area contributed by atoms with Crippen molar-refractivity contribution in [1.29, 1.82) is 0 Å². The van der Waals surface area contributed by atoms with Crippen LogP contribution in [0.1, 0.15) is 29.8 Å². The maximum Gasteiger partial charge on any atom is 0.244 e. The maximum atomic E-state index is 13.0. The molecule has 0 aliphatic carbocycles. The maximum absolute atomic E-state index is 13.0. The minimum Gasteiger partial charge on any atom is -0.381 e. The van der Waals surface area contributed by atoms with Crippen LogP contribution in [0.5, 0.6) is 0 Å². The lowest BCUT2D eigenvalue weighted by molar-refractivity contribution is -0.118. The number of anilines is 1. The largest absolute Gasteiger partial charge is 0.381 e. The summed E-state index contributed by atoms with van der Waals surface area (Å²) < 4.78 is 22.6. The normalized spacial score (nSPS) is 19.0. The number of nitrogens with zero attached hydrogens (tertiary/aromatic N) is 2. The Bertz CT molecular complexity index is 655. The Morgan fingerprint density at radius 3 is 2.86 bits per heavy atom. The van der Waals surface area contributed by atoms with Crippen molar-refractivity contribution >= 4 is 22.6 Å². The summed E-state index contributed by atoms with van der Waals surface area (Å²) in [6, 6.07) is 4.83. The van der Waals surface area contributed by atoms with Crippen molar-refractivity contribution in [3.8, 4) is 0 Å². The first-order valence-corrected chi connectivity index (χ1v) is 7.63. The zero-order chi connectivity index (χ0) is 15.5. The standard InChI is InChI=1S/C14H15FN4O2S/c15-10-3-1-8(2-4-10)11(12(16)20)17-14-18-13(19-22-14)9-5-6-21-7-9/h1-4,9,11H,5-7H2,(H2,16,20)(H,17,18,19). The predicted molar refractivity (Wildman–Crippen MR) is 80.0 cm³/mol. The minimum atomic E-state index is -0.777. The van der Waals surface area contributed by atoms with Gasteiger partial charge in [-0.2, -0.15) is 4.37 Å². The minimum absolute atomic E-state index is 0.199. The molecule has 6 nitrogen and oxygen atoms in total. The van der Waals surface area contributed by atoms with Crippen LogP contribution in [0.4, 0.5) is 9.52 Å². The first-order valence-electron chi connectivity index (χ1n) is 6.86. The van der Waals surface area contributed by atoms with Crippen molar-refractivity contribution in [3.63, 3.8) is 0 Å². The van der Waals surface area contributed by atoms with Crippen LogP contribution in [-0.2, 0) is 9.53 Å². The Morgan fingerprint density at radius 2 is 2.23 bits per heavy atom. The number of hydrogen-bond donors (Lipinski definition) is 2. The van der Waals surface area contributed by atoms with Crippen LogP contribution in [0, 0.1) is 5.82 Å². The lowest BCUT2D eigenvalue weighted by Gasteiger charge is -2.14. The number of halogens is 1. The van der Waals surface area contributed by atoms with Crippen molar-refractivity contribution in [3.05, 3.63) is 41.5 Å². The van der Waals surface area contributed by atoms with E-state index < -0.39 is 11.9 Å². The fraction of sp³-hybridized carbons (Fsp3) is 0.357. The number of primary amides is 1. The molecule has 8 heteroatoms. The molecule has 1 aromatic heterocycles. The summed E-state index contributed by atoms with van der Waals surface area (Å²) in [4.78, 5) is 16.0. The molecule has 22 heavy (non-hydrogen) atoms. The Labute approximate surface area is 130 Å². The summed E-state index contributed by atoms with van der Waals surface area (Å²) in [5.41, 5.74) is 6.00. The summed E-state index contributed by atoms with van der Waals surface area (Å²) >= 11 is 1.17. The number of benzene rings is 1. The number of rotatable bonds is 5. The van der Waals surface area contributed by atoms with Crippen molar-refractivity contribution in [1.82, 2.24) is 9.36 Å². The number of aromatic nitrogens is 2. The molecule has 1 fully saturated rings. The van der Waals surface area contributed by atoms with E-state index >= 15 is 0 Å². The molecule has 3 N–H and O–H groups in total. The molecule has 1 aliphatic rings. The highest BCUT2D eigenvalue weighted by Crippen LogP contribution is 2.27. The number of nitrogens with one attached hydrogen (secondary N) is 1. The van der Waals surface area contributed by atoms with Crippen molar-refractivity contribution in [2.24, 2.45) is 5.73 Å². The highest BCUT2D eigenvalue weighted by molar-refractivity contribution is 7.09. The zero-order valence-corrected chi connectivity index (χ0v) is 12.5. The van der Waals surface area contributed by atoms with Gasteiger partial charge in [0.2, 0.25) is 11.0 Å².